The highest BCUT2D eigenvalue weighted by molar-refractivity contribution is 5.79. The third kappa shape index (κ3) is 3.17. The molecule has 1 aliphatic carbocycles. The molecule has 1 saturated carbocycles. The van der Waals surface area contributed by atoms with Crippen molar-refractivity contribution in [1.29, 1.82) is 0 Å². The van der Waals surface area contributed by atoms with Crippen LogP contribution in [-0.4, -0.2) is 49.0 Å². The second-order valence-corrected chi connectivity index (χ2v) is 4.75. The summed E-state index contributed by atoms with van der Waals surface area (Å²) >= 11 is 0. The molecule has 1 amide bonds. The lowest BCUT2D eigenvalue weighted by atomic mass is 9.91. The zero-order chi connectivity index (χ0) is 11.4. The summed E-state index contributed by atoms with van der Waals surface area (Å²) in [6.07, 6.45) is 3.73. The molecule has 1 heterocycles. The molecule has 92 valence electrons. The lowest BCUT2D eigenvalue weighted by molar-refractivity contribution is -0.124. The van der Waals surface area contributed by atoms with Gasteiger partial charge < -0.3 is 20.5 Å². The fraction of sp³-hybridized carbons (Fsp3) is 0.909. The van der Waals surface area contributed by atoms with Gasteiger partial charge in [0, 0.05) is 19.3 Å². The molecule has 2 rings (SSSR count). The summed E-state index contributed by atoms with van der Waals surface area (Å²) in [6, 6.07) is 0.533. The van der Waals surface area contributed by atoms with Crippen LogP contribution in [0, 0.1) is 0 Å². The number of aliphatic hydroxyl groups is 1. The van der Waals surface area contributed by atoms with Crippen molar-refractivity contribution in [2.24, 2.45) is 0 Å². The summed E-state index contributed by atoms with van der Waals surface area (Å²) in [4.78, 5) is 11.7. The van der Waals surface area contributed by atoms with E-state index in [2.05, 4.69) is 10.6 Å². The van der Waals surface area contributed by atoms with Gasteiger partial charge in [0.2, 0.25) is 5.91 Å². The predicted octanol–water partition coefficient (Wildman–Crippen LogP) is -0.604. The van der Waals surface area contributed by atoms with Gasteiger partial charge in [-0.1, -0.05) is 0 Å². The summed E-state index contributed by atoms with van der Waals surface area (Å²) in [5, 5.41) is 15.5. The van der Waals surface area contributed by atoms with E-state index in [1.807, 2.05) is 0 Å². The quantitative estimate of drug-likeness (QED) is 0.587. The van der Waals surface area contributed by atoms with Gasteiger partial charge in [-0.25, -0.2) is 0 Å². The maximum absolute atomic E-state index is 11.7. The Morgan fingerprint density at radius 2 is 2.06 bits per heavy atom. The number of hydrogen-bond acceptors (Lipinski definition) is 4. The van der Waals surface area contributed by atoms with Crippen molar-refractivity contribution in [3.63, 3.8) is 0 Å². The highest BCUT2D eigenvalue weighted by Crippen LogP contribution is 2.20. The van der Waals surface area contributed by atoms with Crippen LogP contribution in [0.25, 0.3) is 0 Å². The molecule has 5 heteroatoms. The first-order valence-corrected chi connectivity index (χ1v) is 5.97. The normalized spacial score (nSPS) is 24.1. The largest absolute Gasteiger partial charge is 0.394 e. The van der Waals surface area contributed by atoms with Gasteiger partial charge in [0.15, 0.2) is 0 Å². The third-order valence-corrected chi connectivity index (χ3v) is 3.29. The van der Waals surface area contributed by atoms with Crippen LogP contribution in [0.4, 0.5) is 0 Å². The van der Waals surface area contributed by atoms with E-state index >= 15 is 0 Å². The number of nitrogens with one attached hydrogen (secondary N) is 2. The van der Waals surface area contributed by atoms with E-state index in [-0.39, 0.29) is 12.5 Å². The zero-order valence-electron chi connectivity index (χ0n) is 9.50. The summed E-state index contributed by atoms with van der Waals surface area (Å²) in [7, 11) is 0. The van der Waals surface area contributed by atoms with Crippen molar-refractivity contribution in [3.8, 4) is 0 Å². The van der Waals surface area contributed by atoms with Crippen LogP contribution in [0.5, 0.6) is 0 Å². The SMILES string of the molecule is O=C(CNC1CC1)NC1(CO)CCOCC1. The van der Waals surface area contributed by atoms with Crippen molar-refractivity contribution >= 4 is 5.91 Å². The second kappa shape index (κ2) is 5.12. The molecule has 0 aromatic heterocycles. The van der Waals surface area contributed by atoms with Gasteiger partial charge in [-0.3, -0.25) is 4.79 Å². The maximum atomic E-state index is 11.7. The molecular formula is C11H20N2O3. The smallest absolute Gasteiger partial charge is 0.234 e. The van der Waals surface area contributed by atoms with E-state index in [1.54, 1.807) is 0 Å². The van der Waals surface area contributed by atoms with Crippen molar-refractivity contribution in [1.82, 2.24) is 10.6 Å². The van der Waals surface area contributed by atoms with E-state index in [1.165, 1.54) is 12.8 Å². The van der Waals surface area contributed by atoms with Crippen LogP contribution in [0.15, 0.2) is 0 Å². The van der Waals surface area contributed by atoms with Crippen LogP contribution in [-0.2, 0) is 9.53 Å². The number of carbonyl (C=O) groups excluding carboxylic acids is 1. The Labute approximate surface area is 95.5 Å². The van der Waals surface area contributed by atoms with Crippen LogP contribution in [0.3, 0.4) is 0 Å². The number of aliphatic hydroxyl groups excluding tert-OH is 1. The van der Waals surface area contributed by atoms with Gasteiger partial charge in [0.25, 0.3) is 0 Å². The molecule has 0 spiro atoms. The molecule has 5 nitrogen and oxygen atoms in total. The maximum Gasteiger partial charge on any atom is 0.234 e. The van der Waals surface area contributed by atoms with Crippen LogP contribution >= 0.6 is 0 Å². The van der Waals surface area contributed by atoms with Gasteiger partial charge in [-0.05, 0) is 25.7 Å². The van der Waals surface area contributed by atoms with Crippen LogP contribution < -0.4 is 10.6 Å². The number of carbonyl (C=O) groups is 1. The lowest BCUT2D eigenvalue weighted by Crippen LogP contribution is -2.56. The minimum absolute atomic E-state index is 0.00840. The molecule has 0 atom stereocenters. The van der Waals surface area contributed by atoms with Crippen molar-refractivity contribution in [2.75, 3.05) is 26.4 Å². The Hall–Kier alpha value is -0.650. The molecule has 0 aromatic rings. The monoisotopic (exact) mass is 228 g/mol. The highest BCUT2D eigenvalue weighted by atomic mass is 16.5. The number of rotatable bonds is 5. The molecule has 0 aromatic carbocycles. The topological polar surface area (TPSA) is 70.6 Å². The van der Waals surface area contributed by atoms with Crippen LogP contribution in [0.1, 0.15) is 25.7 Å². The molecule has 16 heavy (non-hydrogen) atoms. The average molecular weight is 228 g/mol. The summed E-state index contributed by atoms with van der Waals surface area (Å²) in [5.41, 5.74) is -0.458. The number of amides is 1. The standard InChI is InChI=1S/C11H20N2O3/c14-8-11(3-5-16-6-4-11)13-10(15)7-12-9-1-2-9/h9,12,14H,1-8H2,(H,13,15). The molecule has 0 bridgehead atoms. The Balaban J connectivity index is 1.77. The summed E-state index contributed by atoms with van der Waals surface area (Å²) < 4.78 is 5.24. The first-order valence-electron chi connectivity index (χ1n) is 5.97. The molecule has 0 unspecified atom stereocenters. The van der Waals surface area contributed by atoms with E-state index < -0.39 is 5.54 Å². The number of hydrogen-bond donors (Lipinski definition) is 3. The molecule has 0 radical (unpaired) electrons. The Morgan fingerprint density at radius 3 is 2.62 bits per heavy atom. The first-order chi connectivity index (χ1) is 7.74. The minimum Gasteiger partial charge on any atom is -0.394 e. The van der Waals surface area contributed by atoms with Crippen molar-refractivity contribution in [2.45, 2.75) is 37.3 Å². The minimum atomic E-state index is -0.458. The van der Waals surface area contributed by atoms with E-state index in [0.29, 0.717) is 38.6 Å². The van der Waals surface area contributed by atoms with Crippen molar-refractivity contribution in [3.05, 3.63) is 0 Å². The fourth-order valence-corrected chi connectivity index (χ4v) is 1.95. The molecule has 2 aliphatic rings. The van der Waals surface area contributed by atoms with Crippen LogP contribution in [0.2, 0.25) is 0 Å². The summed E-state index contributed by atoms with van der Waals surface area (Å²) in [6.45, 7) is 1.56. The van der Waals surface area contributed by atoms with Gasteiger partial charge in [-0.2, -0.15) is 0 Å². The Kier molecular flexibility index (Phi) is 3.78. The fourth-order valence-electron chi connectivity index (χ4n) is 1.95. The Bertz CT molecular complexity index is 248. The summed E-state index contributed by atoms with van der Waals surface area (Å²) in [5.74, 6) is -0.0251. The predicted molar refractivity (Wildman–Crippen MR) is 59.0 cm³/mol. The zero-order valence-corrected chi connectivity index (χ0v) is 9.50. The molecule has 1 saturated heterocycles. The third-order valence-electron chi connectivity index (χ3n) is 3.29. The second-order valence-electron chi connectivity index (χ2n) is 4.75. The molecule has 1 aliphatic heterocycles. The van der Waals surface area contributed by atoms with Crippen molar-refractivity contribution < 1.29 is 14.6 Å². The van der Waals surface area contributed by atoms with E-state index in [4.69, 9.17) is 4.74 Å². The molecular weight excluding hydrogens is 208 g/mol. The van der Waals surface area contributed by atoms with Gasteiger partial charge in [0.05, 0.1) is 18.7 Å². The average Bonchev–Trinajstić information content (AvgIpc) is 3.11. The Morgan fingerprint density at radius 1 is 1.38 bits per heavy atom. The number of ether oxygens (including phenoxy) is 1. The molecule has 2 fully saturated rings. The van der Waals surface area contributed by atoms with E-state index in [9.17, 15) is 9.90 Å². The highest BCUT2D eigenvalue weighted by Gasteiger charge is 2.33. The lowest BCUT2D eigenvalue weighted by Gasteiger charge is -2.36. The molecule has 3 N–H and O–H groups in total. The van der Waals surface area contributed by atoms with Gasteiger partial charge >= 0.3 is 0 Å². The van der Waals surface area contributed by atoms with E-state index in [0.717, 1.165) is 0 Å². The van der Waals surface area contributed by atoms with Gasteiger partial charge in [-0.15, -0.1) is 0 Å². The first kappa shape index (κ1) is 11.8. The van der Waals surface area contributed by atoms with Gasteiger partial charge in [0.1, 0.15) is 0 Å².